The third-order valence-electron chi connectivity index (χ3n) is 2.16. The number of carbonyl (C=O) groups is 2. The summed E-state index contributed by atoms with van der Waals surface area (Å²) in [5, 5.41) is 22.5. The van der Waals surface area contributed by atoms with Crippen LogP contribution in [-0.2, 0) is 4.79 Å². The second-order valence-corrected chi connectivity index (χ2v) is 5.42. The fraction of sp³-hybridized carbons (Fsp3) is 0.273. The van der Waals surface area contributed by atoms with Crippen molar-refractivity contribution in [3.8, 4) is 0 Å². The number of hydrogen-bond acceptors (Lipinski definition) is 3. The summed E-state index contributed by atoms with van der Waals surface area (Å²) in [6.07, 6.45) is -1.53. The molecule has 6 nitrogen and oxygen atoms in total. The number of rotatable bonds is 5. The molecule has 0 saturated carbocycles. The van der Waals surface area contributed by atoms with Crippen molar-refractivity contribution in [1.82, 2.24) is 5.32 Å². The van der Waals surface area contributed by atoms with Crippen LogP contribution in [0.5, 0.6) is 0 Å². The highest BCUT2D eigenvalue weighted by molar-refractivity contribution is 9.11. The average Bonchev–Trinajstić information content (AvgIpc) is 2.33. The maximum absolute atomic E-state index is 11.5. The summed E-state index contributed by atoms with van der Waals surface area (Å²) >= 11 is 6.57. The zero-order valence-corrected chi connectivity index (χ0v) is 12.9. The number of benzene rings is 1. The number of aliphatic hydroxyl groups excluding tert-OH is 1. The Morgan fingerprint density at radius 1 is 1.32 bits per heavy atom. The van der Waals surface area contributed by atoms with Gasteiger partial charge in [0.25, 0.3) is 0 Å². The maximum atomic E-state index is 11.5. The van der Waals surface area contributed by atoms with Gasteiger partial charge in [0, 0.05) is 21.9 Å². The number of urea groups is 1. The highest BCUT2D eigenvalue weighted by atomic mass is 79.9. The first-order valence-corrected chi connectivity index (χ1v) is 6.89. The molecular weight excluding hydrogens is 384 g/mol. The first kappa shape index (κ1) is 15.9. The monoisotopic (exact) mass is 394 g/mol. The Hall–Kier alpha value is -1.12. The van der Waals surface area contributed by atoms with Crippen LogP contribution in [0.1, 0.15) is 6.42 Å². The summed E-state index contributed by atoms with van der Waals surface area (Å²) in [6, 6.07) is 4.83. The minimum atomic E-state index is -1.47. The lowest BCUT2D eigenvalue weighted by molar-refractivity contribution is -0.146. The molecule has 1 atom stereocenters. The van der Waals surface area contributed by atoms with E-state index in [1.807, 2.05) is 6.07 Å². The van der Waals surface area contributed by atoms with Crippen molar-refractivity contribution in [2.24, 2.45) is 0 Å². The Kier molecular flexibility index (Phi) is 6.26. The van der Waals surface area contributed by atoms with Crippen molar-refractivity contribution in [1.29, 1.82) is 0 Å². The number of aliphatic carboxylic acids is 1. The van der Waals surface area contributed by atoms with E-state index in [4.69, 9.17) is 10.2 Å². The minimum absolute atomic E-state index is 0.0532. The fourth-order valence-corrected chi connectivity index (χ4v) is 1.91. The van der Waals surface area contributed by atoms with E-state index in [-0.39, 0.29) is 13.0 Å². The average molecular weight is 396 g/mol. The second-order valence-electron chi connectivity index (χ2n) is 3.65. The van der Waals surface area contributed by atoms with Crippen LogP contribution in [0.3, 0.4) is 0 Å². The first-order valence-electron chi connectivity index (χ1n) is 5.31. The smallest absolute Gasteiger partial charge is 0.332 e. The molecule has 0 aliphatic heterocycles. The quantitative estimate of drug-likeness (QED) is 0.613. The molecule has 8 heteroatoms. The summed E-state index contributed by atoms with van der Waals surface area (Å²) in [7, 11) is 0. The van der Waals surface area contributed by atoms with Crippen LogP contribution in [-0.4, -0.2) is 34.9 Å². The summed E-state index contributed by atoms with van der Waals surface area (Å²) in [5.74, 6) is -1.31. The molecular formula is C11H12Br2N2O4. The number of carbonyl (C=O) groups excluding carboxylic acids is 1. The largest absolute Gasteiger partial charge is 0.479 e. The number of carboxylic acids is 1. The van der Waals surface area contributed by atoms with Crippen LogP contribution >= 0.6 is 31.9 Å². The minimum Gasteiger partial charge on any atom is -0.479 e. The summed E-state index contributed by atoms with van der Waals surface area (Å²) in [4.78, 5) is 21.9. The number of anilines is 1. The molecule has 19 heavy (non-hydrogen) atoms. The lowest BCUT2D eigenvalue weighted by Crippen LogP contribution is -2.33. The third-order valence-corrected chi connectivity index (χ3v) is 3.35. The lowest BCUT2D eigenvalue weighted by Gasteiger charge is -2.10. The standard InChI is InChI=1S/C11H12Br2N2O4/c12-6-1-2-7(13)8(5-6)15-11(19)14-4-3-9(16)10(17)18/h1-2,5,9,16H,3-4H2,(H,17,18)(H2,14,15,19)/t9-/m0/s1. The highest BCUT2D eigenvalue weighted by Gasteiger charge is 2.13. The molecule has 0 bridgehead atoms. The van der Waals surface area contributed by atoms with E-state index in [0.29, 0.717) is 5.69 Å². The van der Waals surface area contributed by atoms with Crippen molar-refractivity contribution in [2.45, 2.75) is 12.5 Å². The molecule has 2 amide bonds. The number of hydrogen-bond donors (Lipinski definition) is 4. The molecule has 0 unspecified atom stereocenters. The molecule has 104 valence electrons. The third kappa shape index (κ3) is 5.58. The molecule has 0 aliphatic rings. The first-order chi connectivity index (χ1) is 8.90. The van der Waals surface area contributed by atoms with E-state index >= 15 is 0 Å². The van der Waals surface area contributed by atoms with E-state index < -0.39 is 18.1 Å². The topological polar surface area (TPSA) is 98.7 Å². The Morgan fingerprint density at radius 3 is 2.63 bits per heavy atom. The van der Waals surface area contributed by atoms with Gasteiger partial charge in [0.1, 0.15) is 0 Å². The van der Waals surface area contributed by atoms with Crippen molar-refractivity contribution in [3.05, 3.63) is 27.1 Å². The summed E-state index contributed by atoms with van der Waals surface area (Å²) in [6.45, 7) is 0.0604. The molecule has 1 aromatic carbocycles. The molecule has 0 radical (unpaired) electrons. The SMILES string of the molecule is O=C(NCC[C@H](O)C(=O)O)Nc1cc(Br)ccc1Br. The van der Waals surface area contributed by atoms with Crippen LogP contribution in [0.25, 0.3) is 0 Å². The molecule has 1 rings (SSSR count). The fourth-order valence-electron chi connectivity index (χ4n) is 1.21. The molecule has 0 aromatic heterocycles. The number of halogens is 2. The number of carboxylic acid groups (broad SMARTS) is 1. The van der Waals surface area contributed by atoms with Gasteiger partial charge in [-0.15, -0.1) is 0 Å². The molecule has 0 spiro atoms. The highest BCUT2D eigenvalue weighted by Crippen LogP contribution is 2.25. The van der Waals surface area contributed by atoms with E-state index in [1.54, 1.807) is 12.1 Å². The van der Waals surface area contributed by atoms with Gasteiger partial charge >= 0.3 is 12.0 Å². The Balaban J connectivity index is 2.43. The Morgan fingerprint density at radius 2 is 2.00 bits per heavy atom. The van der Waals surface area contributed by atoms with Crippen molar-refractivity contribution in [3.63, 3.8) is 0 Å². The van der Waals surface area contributed by atoms with Gasteiger partial charge in [-0.3, -0.25) is 0 Å². The Bertz CT molecular complexity index is 482. The summed E-state index contributed by atoms with van der Waals surface area (Å²) in [5.41, 5.74) is 0.575. The molecule has 1 aromatic rings. The van der Waals surface area contributed by atoms with Gasteiger partial charge in [-0.25, -0.2) is 9.59 Å². The van der Waals surface area contributed by atoms with E-state index in [0.717, 1.165) is 8.95 Å². The van der Waals surface area contributed by atoms with Gasteiger partial charge in [0.05, 0.1) is 5.69 Å². The predicted molar refractivity (Wildman–Crippen MR) is 77.1 cm³/mol. The van der Waals surface area contributed by atoms with E-state index in [1.165, 1.54) is 0 Å². The molecule has 0 saturated heterocycles. The van der Waals surface area contributed by atoms with Crippen LogP contribution in [0.4, 0.5) is 10.5 Å². The number of aliphatic hydroxyl groups is 1. The maximum Gasteiger partial charge on any atom is 0.332 e. The van der Waals surface area contributed by atoms with Gasteiger partial charge in [-0.05, 0) is 34.1 Å². The van der Waals surface area contributed by atoms with Gasteiger partial charge < -0.3 is 20.8 Å². The van der Waals surface area contributed by atoms with Gasteiger partial charge in [0.15, 0.2) is 6.10 Å². The van der Waals surface area contributed by atoms with Gasteiger partial charge in [-0.2, -0.15) is 0 Å². The molecule has 0 heterocycles. The van der Waals surface area contributed by atoms with Crippen LogP contribution < -0.4 is 10.6 Å². The van der Waals surface area contributed by atoms with Gasteiger partial charge in [0.2, 0.25) is 0 Å². The second kappa shape index (κ2) is 7.46. The van der Waals surface area contributed by atoms with Gasteiger partial charge in [-0.1, -0.05) is 15.9 Å². The van der Waals surface area contributed by atoms with Crippen molar-refractivity contribution in [2.75, 3.05) is 11.9 Å². The normalized spacial score (nSPS) is 11.7. The predicted octanol–water partition coefficient (Wildman–Crippen LogP) is 2.17. The molecule has 0 fully saturated rings. The molecule has 0 aliphatic carbocycles. The van der Waals surface area contributed by atoms with Crippen LogP contribution in [0, 0.1) is 0 Å². The number of nitrogens with one attached hydrogen (secondary N) is 2. The number of amides is 2. The van der Waals surface area contributed by atoms with E-state index in [9.17, 15) is 9.59 Å². The van der Waals surface area contributed by atoms with Crippen LogP contribution in [0.15, 0.2) is 27.1 Å². The lowest BCUT2D eigenvalue weighted by atomic mass is 10.2. The van der Waals surface area contributed by atoms with E-state index in [2.05, 4.69) is 42.5 Å². The zero-order valence-electron chi connectivity index (χ0n) is 9.69. The van der Waals surface area contributed by atoms with Crippen molar-refractivity contribution < 1.29 is 19.8 Å². The van der Waals surface area contributed by atoms with Crippen LogP contribution in [0.2, 0.25) is 0 Å². The van der Waals surface area contributed by atoms with Crippen molar-refractivity contribution >= 4 is 49.5 Å². The Labute approximate surface area is 126 Å². The summed E-state index contributed by atoms with van der Waals surface area (Å²) < 4.78 is 1.53. The zero-order chi connectivity index (χ0) is 14.4. The molecule has 4 N–H and O–H groups in total.